The van der Waals surface area contributed by atoms with Gasteiger partial charge in [-0.2, -0.15) is 0 Å². The average Bonchev–Trinajstić information content (AvgIpc) is 3.21. The van der Waals surface area contributed by atoms with E-state index in [1.807, 2.05) is 30.0 Å². The normalized spacial score (nSPS) is 28.1. The molecule has 1 saturated carbocycles. The van der Waals surface area contributed by atoms with Crippen LogP contribution in [-0.4, -0.2) is 27.4 Å². The van der Waals surface area contributed by atoms with E-state index in [4.69, 9.17) is 4.74 Å². The van der Waals surface area contributed by atoms with Crippen molar-refractivity contribution in [2.75, 3.05) is 6.54 Å². The minimum absolute atomic E-state index is 0.0418. The molecule has 2 unspecified atom stereocenters. The average molecular weight is 324 g/mol. The van der Waals surface area contributed by atoms with Crippen LogP contribution in [0.2, 0.25) is 0 Å². The van der Waals surface area contributed by atoms with E-state index < -0.39 is 5.72 Å². The van der Waals surface area contributed by atoms with Crippen molar-refractivity contribution in [3.05, 3.63) is 47.5 Å². The molecule has 2 aliphatic heterocycles. The lowest BCUT2D eigenvalue weighted by Gasteiger charge is -2.52. The lowest BCUT2D eigenvalue weighted by Crippen LogP contribution is -2.64. The third-order valence-electron chi connectivity index (χ3n) is 5.41. The number of benzene rings is 1. The first kappa shape index (κ1) is 13.9. The number of aromatic nitrogens is 2. The predicted octanol–water partition coefficient (Wildman–Crippen LogP) is 2.83. The van der Waals surface area contributed by atoms with Crippen LogP contribution in [-0.2, 0) is 5.72 Å². The number of imidazole rings is 1. The van der Waals surface area contributed by atoms with E-state index in [0.717, 1.165) is 29.1 Å². The Bertz CT molecular complexity index is 799. The number of hydrogen-bond acceptors (Lipinski definition) is 3. The van der Waals surface area contributed by atoms with Gasteiger partial charge in [0.2, 0.25) is 5.72 Å². The zero-order chi connectivity index (χ0) is 16.3. The van der Waals surface area contributed by atoms with Crippen molar-refractivity contribution in [3.63, 3.8) is 0 Å². The van der Waals surface area contributed by atoms with Crippen molar-refractivity contribution in [1.82, 2.24) is 20.2 Å². The molecule has 1 aliphatic carbocycles. The second-order valence-corrected chi connectivity index (χ2v) is 7.11. The fourth-order valence-electron chi connectivity index (χ4n) is 3.94. The van der Waals surface area contributed by atoms with Gasteiger partial charge < -0.3 is 15.0 Å². The van der Waals surface area contributed by atoms with Gasteiger partial charge in [0.1, 0.15) is 11.4 Å². The van der Waals surface area contributed by atoms with Crippen LogP contribution in [0, 0.1) is 12.8 Å². The SMILES string of the molecule is Cc1cccc2c1OC1(c3cnc[nH]3)CC2NC(=O)N1CC1CC1. The number of nitrogens with zero attached hydrogens (tertiary/aromatic N) is 2. The van der Waals surface area contributed by atoms with Crippen LogP contribution in [0.4, 0.5) is 4.79 Å². The van der Waals surface area contributed by atoms with Crippen molar-refractivity contribution in [3.8, 4) is 5.75 Å². The van der Waals surface area contributed by atoms with Crippen molar-refractivity contribution >= 4 is 6.03 Å². The van der Waals surface area contributed by atoms with Crippen molar-refractivity contribution in [1.29, 1.82) is 0 Å². The molecule has 2 amide bonds. The summed E-state index contributed by atoms with van der Waals surface area (Å²) in [5.74, 6) is 1.46. The number of carbonyl (C=O) groups excluding carboxylic acids is 1. The van der Waals surface area contributed by atoms with E-state index in [-0.39, 0.29) is 12.1 Å². The highest BCUT2D eigenvalue weighted by Gasteiger charge is 2.55. The molecule has 0 radical (unpaired) electrons. The Hall–Kier alpha value is -2.50. The molecule has 1 saturated heterocycles. The van der Waals surface area contributed by atoms with Gasteiger partial charge in [-0.25, -0.2) is 9.78 Å². The third kappa shape index (κ3) is 1.89. The van der Waals surface area contributed by atoms with E-state index in [1.165, 1.54) is 12.8 Å². The Labute approximate surface area is 140 Å². The second-order valence-electron chi connectivity index (χ2n) is 7.11. The van der Waals surface area contributed by atoms with Crippen LogP contribution < -0.4 is 10.1 Å². The van der Waals surface area contributed by atoms with E-state index in [9.17, 15) is 4.79 Å². The zero-order valence-electron chi connectivity index (χ0n) is 13.6. The number of rotatable bonds is 3. The summed E-state index contributed by atoms with van der Waals surface area (Å²) in [6, 6.07) is 6.01. The Kier molecular flexibility index (Phi) is 2.75. The number of nitrogens with one attached hydrogen (secondary N) is 2. The number of urea groups is 1. The molecule has 2 fully saturated rings. The summed E-state index contributed by atoms with van der Waals surface area (Å²) in [4.78, 5) is 22.1. The molecule has 0 spiro atoms. The van der Waals surface area contributed by atoms with Gasteiger partial charge in [-0.15, -0.1) is 0 Å². The number of carbonyl (C=O) groups is 1. The Morgan fingerprint density at radius 3 is 3.04 bits per heavy atom. The molecule has 6 nitrogen and oxygen atoms in total. The van der Waals surface area contributed by atoms with Gasteiger partial charge in [-0.1, -0.05) is 18.2 Å². The van der Waals surface area contributed by atoms with Crippen LogP contribution >= 0.6 is 0 Å². The van der Waals surface area contributed by atoms with Crippen LogP contribution in [0.5, 0.6) is 5.75 Å². The highest BCUT2D eigenvalue weighted by atomic mass is 16.5. The van der Waals surface area contributed by atoms with Crippen molar-refractivity contribution in [2.45, 2.75) is 38.0 Å². The molecule has 24 heavy (non-hydrogen) atoms. The first-order valence-corrected chi connectivity index (χ1v) is 8.53. The molecule has 5 rings (SSSR count). The second kappa shape index (κ2) is 4.75. The quantitative estimate of drug-likeness (QED) is 0.912. The number of para-hydroxylation sites is 1. The Morgan fingerprint density at radius 1 is 1.42 bits per heavy atom. The number of aromatic amines is 1. The highest BCUT2D eigenvalue weighted by molar-refractivity contribution is 5.78. The van der Waals surface area contributed by atoms with Crippen LogP contribution in [0.1, 0.15) is 42.1 Å². The van der Waals surface area contributed by atoms with Crippen LogP contribution in [0.3, 0.4) is 0 Å². The predicted molar refractivity (Wildman–Crippen MR) is 87.4 cm³/mol. The monoisotopic (exact) mass is 324 g/mol. The standard InChI is InChI=1S/C18H20N4O2/c1-11-3-2-4-13-14-7-18(24-16(11)13,15-8-19-10-20-15)22(17(23)21-14)9-12-5-6-12/h2-4,8,10,12,14H,5-7,9H2,1H3,(H,19,20)(H,21,23). The molecule has 124 valence electrons. The Morgan fingerprint density at radius 2 is 2.29 bits per heavy atom. The van der Waals surface area contributed by atoms with Crippen molar-refractivity contribution in [2.24, 2.45) is 5.92 Å². The molecule has 6 heteroatoms. The van der Waals surface area contributed by atoms with E-state index in [1.54, 1.807) is 12.5 Å². The topological polar surface area (TPSA) is 70.2 Å². The van der Waals surface area contributed by atoms with Crippen LogP contribution in [0.15, 0.2) is 30.7 Å². The number of aryl methyl sites for hydroxylation is 1. The van der Waals surface area contributed by atoms with Gasteiger partial charge in [0.05, 0.1) is 18.6 Å². The number of amides is 2. The maximum atomic E-state index is 12.9. The molecule has 2 bridgehead atoms. The van der Waals surface area contributed by atoms with E-state index >= 15 is 0 Å². The number of fused-ring (bicyclic) bond motifs is 4. The molecule has 3 aliphatic rings. The van der Waals surface area contributed by atoms with Gasteiger partial charge in [0.15, 0.2) is 0 Å². The van der Waals surface area contributed by atoms with Crippen LogP contribution in [0.25, 0.3) is 0 Å². The molecular weight excluding hydrogens is 304 g/mol. The van der Waals surface area contributed by atoms with Gasteiger partial charge in [-0.05, 0) is 31.2 Å². The molecule has 2 aromatic rings. The van der Waals surface area contributed by atoms with Gasteiger partial charge >= 0.3 is 6.03 Å². The van der Waals surface area contributed by atoms with E-state index in [0.29, 0.717) is 12.3 Å². The lowest BCUT2D eigenvalue weighted by molar-refractivity contribution is -0.110. The zero-order valence-corrected chi connectivity index (χ0v) is 13.6. The number of hydrogen-bond donors (Lipinski definition) is 2. The summed E-state index contributed by atoms with van der Waals surface area (Å²) in [7, 11) is 0. The summed E-state index contributed by atoms with van der Waals surface area (Å²) in [6.07, 6.45) is 6.48. The minimum atomic E-state index is -0.800. The molecular formula is C18H20N4O2. The summed E-state index contributed by atoms with van der Waals surface area (Å²) < 4.78 is 6.57. The molecule has 3 heterocycles. The summed E-state index contributed by atoms with van der Waals surface area (Å²) in [5.41, 5.74) is 2.19. The fourth-order valence-corrected chi connectivity index (χ4v) is 3.94. The molecule has 1 aromatic heterocycles. The fraction of sp³-hybridized carbons (Fsp3) is 0.444. The highest BCUT2D eigenvalue weighted by Crippen LogP contribution is 2.50. The molecule has 1 aromatic carbocycles. The third-order valence-corrected chi connectivity index (χ3v) is 5.41. The summed E-state index contributed by atoms with van der Waals surface area (Å²) >= 11 is 0. The largest absolute Gasteiger partial charge is 0.461 e. The molecule has 2 N–H and O–H groups in total. The molecule has 2 atom stereocenters. The summed E-state index contributed by atoms with van der Waals surface area (Å²) in [5, 5.41) is 3.17. The number of ether oxygens (including phenoxy) is 1. The number of H-pyrrole nitrogens is 1. The first-order chi connectivity index (χ1) is 11.7. The smallest absolute Gasteiger partial charge is 0.321 e. The van der Waals surface area contributed by atoms with Gasteiger partial charge in [0, 0.05) is 18.5 Å². The maximum Gasteiger partial charge on any atom is 0.321 e. The lowest BCUT2D eigenvalue weighted by atomic mass is 9.86. The Balaban J connectivity index is 1.68. The van der Waals surface area contributed by atoms with E-state index in [2.05, 4.69) is 15.3 Å². The van der Waals surface area contributed by atoms with Gasteiger partial charge in [-0.3, -0.25) is 4.90 Å². The van der Waals surface area contributed by atoms with Crippen molar-refractivity contribution < 1.29 is 9.53 Å². The minimum Gasteiger partial charge on any atom is -0.461 e. The van der Waals surface area contributed by atoms with Gasteiger partial charge in [0.25, 0.3) is 0 Å². The first-order valence-electron chi connectivity index (χ1n) is 8.53. The summed E-state index contributed by atoms with van der Waals surface area (Å²) in [6.45, 7) is 2.77. The maximum absolute atomic E-state index is 12.9.